The number of nitrogens with zero attached hydrogens (tertiary/aromatic N) is 1. The van der Waals surface area contributed by atoms with E-state index < -0.39 is 24.0 Å². The Morgan fingerprint density at radius 1 is 1.30 bits per heavy atom. The number of fused-ring (bicyclic) bond motifs is 1. The van der Waals surface area contributed by atoms with Crippen LogP contribution in [0.25, 0.3) is 0 Å². The minimum absolute atomic E-state index is 0.0855. The Morgan fingerprint density at radius 2 is 1.96 bits per heavy atom. The molecular formula is C21H28N2O4. The molecule has 6 heteroatoms. The van der Waals surface area contributed by atoms with E-state index in [9.17, 15) is 19.5 Å². The second-order valence-electron chi connectivity index (χ2n) is 7.37. The van der Waals surface area contributed by atoms with Gasteiger partial charge in [-0.25, -0.2) is 4.79 Å². The van der Waals surface area contributed by atoms with Crippen LogP contribution in [-0.4, -0.2) is 39.9 Å². The van der Waals surface area contributed by atoms with Crippen molar-refractivity contribution < 1.29 is 19.5 Å². The number of hydrogen-bond donors (Lipinski definition) is 2. The maximum Gasteiger partial charge on any atom is 0.326 e. The first-order valence-electron chi connectivity index (χ1n) is 9.33. The highest BCUT2D eigenvalue weighted by molar-refractivity contribution is 5.91. The number of allylic oxidation sites excluding steroid dienone is 1. The average Bonchev–Trinajstić information content (AvgIpc) is 2.63. The molecule has 1 aromatic carbocycles. The highest BCUT2D eigenvalue weighted by Crippen LogP contribution is 2.25. The first-order chi connectivity index (χ1) is 12.8. The lowest BCUT2D eigenvalue weighted by atomic mass is 9.92. The van der Waals surface area contributed by atoms with Gasteiger partial charge in [0.15, 0.2) is 0 Å². The number of carbonyl (C=O) groups excluding carboxylic acids is 2. The molecule has 0 fully saturated rings. The van der Waals surface area contributed by atoms with Crippen molar-refractivity contribution in [3.05, 3.63) is 48.0 Å². The second-order valence-corrected chi connectivity index (χ2v) is 7.37. The Kier molecular flexibility index (Phi) is 7.16. The van der Waals surface area contributed by atoms with Gasteiger partial charge in [0.05, 0.1) is 0 Å². The standard InChI is InChI=1S/C21H28N2O4/c1-4-5-10-17(21(26)27)22-20(25)18-12-15-8-6-7-9-16(15)13-23(18)19(24)11-14(2)3/h4,6-9,14,17-18H,1,5,10-13H2,2-3H3,(H,22,25)(H,26,27). The molecule has 1 aromatic rings. The molecule has 0 bridgehead atoms. The molecule has 0 saturated carbocycles. The molecule has 1 heterocycles. The topological polar surface area (TPSA) is 86.7 Å². The van der Waals surface area contributed by atoms with Crippen molar-refractivity contribution in [2.75, 3.05) is 0 Å². The lowest BCUT2D eigenvalue weighted by molar-refractivity contribution is -0.145. The summed E-state index contributed by atoms with van der Waals surface area (Å²) in [6, 6.07) is 6.05. The van der Waals surface area contributed by atoms with Gasteiger partial charge in [0, 0.05) is 19.4 Å². The lowest BCUT2D eigenvalue weighted by Gasteiger charge is -2.37. The average molecular weight is 372 g/mol. The number of carbonyl (C=O) groups is 3. The third-order valence-corrected chi connectivity index (χ3v) is 4.73. The summed E-state index contributed by atoms with van der Waals surface area (Å²) in [6.45, 7) is 7.87. The Morgan fingerprint density at radius 3 is 2.56 bits per heavy atom. The molecule has 1 aliphatic rings. The number of amides is 2. The molecule has 6 nitrogen and oxygen atoms in total. The summed E-state index contributed by atoms with van der Waals surface area (Å²) in [5.41, 5.74) is 2.05. The molecule has 2 N–H and O–H groups in total. The maximum atomic E-state index is 12.9. The van der Waals surface area contributed by atoms with Crippen LogP contribution in [-0.2, 0) is 27.3 Å². The number of rotatable bonds is 8. The summed E-state index contributed by atoms with van der Waals surface area (Å²) in [6.07, 6.45) is 3.12. The van der Waals surface area contributed by atoms with Crippen molar-refractivity contribution in [1.29, 1.82) is 0 Å². The van der Waals surface area contributed by atoms with Crippen LogP contribution in [0.4, 0.5) is 0 Å². The zero-order valence-corrected chi connectivity index (χ0v) is 16.0. The summed E-state index contributed by atoms with van der Waals surface area (Å²) in [5.74, 6) is -1.41. The fraction of sp³-hybridized carbons (Fsp3) is 0.476. The molecule has 1 aliphatic heterocycles. The summed E-state index contributed by atoms with van der Waals surface area (Å²) < 4.78 is 0. The van der Waals surface area contributed by atoms with Crippen LogP contribution in [0.5, 0.6) is 0 Å². The van der Waals surface area contributed by atoms with Gasteiger partial charge in [-0.2, -0.15) is 0 Å². The van der Waals surface area contributed by atoms with E-state index in [4.69, 9.17) is 0 Å². The zero-order valence-electron chi connectivity index (χ0n) is 16.0. The van der Waals surface area contributed by atoms with E-state index in [1.54, 1.807) is 11.0 Å². The van der Waals surface area contributed by atoms with Crippen LogP contribution in [0.1, 0.15) is 44.2 Å². The van der Waals surface area contributed by atoms with E-state index in [-0.39, 0.29) is 18.2 Å². The van der Waals surface area contributed by atoms with E-state index in [1.807, 2.05) is 38.1 Å². The Bertz CT molecular complexity index is 714. The van der Waals surface area contributed by atoms with Crippen LogP contribution >= 0.6 is 0 Å². The monoisotopic (exact) mass is 372 g/mol. The van der Waals surface area contributed by atoms with Crippen molar-refractivity contribution >= 4 is 17.8 Å². The molecule has 2 amide bonds. The fourth-order valence-corrected chi connectivity index (χ4v) is 3.30. The Balaban J connectivity index is 2.23. The molecule has 0 saturated heterocycles. The van der Waals surface area contributed by atoms with Gasteiger partial charge in [-0.05, 0) is 29.9 Å². The van der Waals surface area contributed by atoms with Crippen LogP contribution in [0.3, 0.4) is 0 Å². The molecule has 0 radical (unpaired) electrons. The largest absolute Gasteiger partial charge is 0.480 e. The predicted molar refractivity (Wildman–Crippen MR) is 103 cm³/mol. The number of nitrogens with one attached hydrogen (secondary N) is 1. The normalized spacial score (nSPS) is 17.1. The van der Waals surface area contributed by atoms with Crippen molar-refractivity contribution in [2.24, 2.45) is 5.92 Å². The van der Waals surface area contributed by atoms with Gasteiger partial charge in [0.1, 0.15) is 12.1 Å². The van der Waals surface area contributed by atoms with Crippen molar-refractivity contribution in [3.63, 3.8) is 0 Å². The quantitative estimate of drug-likeness (QED) is 0.687. The van der Waals surface area contributed by atoms with E-state index in [0.717, 1.165) is 11.1 Å². The molecule has 146 valence electrons. The minimum atomic E-state index is -1.08. The number of hydrogen-bond acceptors (Lipinski definition) is 3. The number of carboxylic acid groups (broad SMARTS) is 1. The minimum Gasteiger partial charge on any atom is -0.480 e. The molecule has 2 unspecified atom stereocenters. The first-order valence-corrected chi connectivity index (χ1v) is 9.33. The molecule has 0 spiro atoms. The van der Waals surface area contributed by atoms with Gasteiger partial charge >= 0.3 is 5.97 Å². The smallest absolute Gasteiger partial charge is 0.326 e. The zero-order chi connectivity index (χ0) is 20.0. The first kappa shape index (κ1) is 20.7. The van der Waals surface area contributed by atoms with E-state index in [2.05, 4.69) is 11.9 Å². The van der Waals surface area contributed by atoms with E-state index >= 15 is 0 Å². The molecular weight excluding hydrogens is 344 g/mol. The summed E-state index contributed by atoms with van der Waals surface area (Å²) in [5, 5.41) is 12.0. The van der Waals surface area contributed by atoms with Gasteiger partial charge in [0.25, 0.3) is 0 Å². The predicted octanol–water partition coefficient (Wildman–Crippen LogP) is 2.52. The highest BCUT2D eigenvalue weighted by Gasteiger charge is 2.36. The van der Waals surface area contributed by atoms with Crippen LogP contribution in [0, 0.1) is 5.92 Å². The second kappa shape index (κ2) is 9.35. The van der Waals surface area contributed by atoms with E-state index in [0.29, 0.717) is 25.8 Å². The highest BCUT2D eigenvalue weighted by atomic mass is 16.4. The van der Waals surface area contributed by atoms with Gasteiger partial charge < -0.3 is 15.3 Å². The van der Waals surface area contributed by atoms with Crippen LogP contribution in [0.15, 0.2) is 36.9 Å². The summed E-state index contributed by atoms with van der Waals surface area (Å²) in [7, 11) is 0. The molecule has 0 aromatic heterocycles. The SMILES string of the molecule is C=CCCC(NC(=O)C1Cc2ccccc2CN1C(=O)CC(C)C)C(=O)O. The third kappa shape index (κ3) is 5.42. The molecule has 2 atom stereocenters. The van der Waals surface area contributed by atoms with Gasteiger partial charge in [-0.1, -0.05) is 44.2 Å². The van der Waals surface area contributed by atoms with Gasteiger partial charge in [-0.3, -0.25) is 9.59 Å². The molecule has 0 aliphatic carbocycles. The third-order valence-electron chi connectivity index (χ3n) is 4.73. The molecule has 27 heavy (non-hydrogen) atoms. The number of carboxylic acids is 1. The Labute approximate surface area is 160 Å². The maximum absolute atomic E-state index is 12.9. The van der Waals surface area contributed by atoms with Gasteiger partial charge in [0.2, 0.25) is 11.8 Å². The van der Waals surface area contributed by atoms with Crippen molar-refractivity contribution in [2.45, 2.75) is 58.2 Å². The van der Waals surface area contributed by atoms with E-state index in [1.165, 1.54) is 0 Å². The fourth-order valence-electron chi connectivity index (χ4n) is 3.30. The number of benzene rings is 1. The lowest BCUT2D eigenvalue weighted by Crippen LogP contribution is -2.55. The van der Waals surface area contributed by atoms with Crippen molar-refractivity contribution in [1.82, 2.24) is 10.2 Å². The van der Waals surface area contributed by atoms with Crippen molar-refractivity contribution in [3.8, 4) is 0 Å². The Hall–Kier alpha value is -2.63. The van der Waals surface area contributed by atoms with Crippen LogP contribution in [0.2, 0.25) is 0 Å². The van der Waals surface area contributed by atoms with Crippen LogP contribution < -0.4 is 5.32 Å². The molecule has 2 rings (SSSR count). The number of aliphatic carboxylic acids is 1. The van der Waals surface area contributed by atoms with Gasteiger partial charge in [-0.15, -0.1) is 6.58 Å². The summed E-state index contributed by atoms with van der Waals surface area (Å²) in [4.78, 5) is 38.7. The summed E-state index contributed by atoms with van der Waals surface area (Å²) >= 11 is 0.